The van der Waals surface area contributed by atoms with Crippen molar-refractivity contribution >= 4 is 21.8 Å². The van der Waals surface area contributed by atoms with Gasteiger partial charge in [0.15, 0.2) is 5.84 Å². The molecule has 0 unspecified atom stereocenters. The Balaban J connectivity index is 1.60. The number of fused-ring (bicyclic) bond motifs is 5. The molecule has 0 aromatic heterocycles. The van der Waals surface area contributed by atoms with Crippen LogP contribution in [-0.4, -0.2) is 36.2 Å². The number of aliphatic hydroxyl groups excluding tert-OH is 1. The van der Waals surface area contributed by atoms with Gasteiger partial charge in [-0.25, -0.2) is 4.39 Å². The lowest BCUT2D eigenvalue weighted by Gasteiger charge is -2.44. The first-order valence-corrected chi connectivity index (χ1v) is 12.8. The minimum atomic E-state index is -4.13. The van der Waals surface area contributed by atoms with Crippen molar-refractivity contribution in [2.45, 2.75) is 38.8 Å². The van der Waals surface area contributed by atoms with Gasteiger partial charge in [-0.1, -0.05) is 24.8 Å². The number of carbonyl (C=O) groups excluding carboxylic acids is 1. The van der Waals surface area contributed by atoms with Gasteiger partial charge in [-0.05, 0) is 67.9 Å². The zero-order valence-electron chi connectivity index (χ0n) is 18.7. The number of nitrogens with zero attached hydrogens (tertiary/aromatic N) is 2. The smallest absolute Gasteiger partial charge is 0.286 e. The van der Waals surface area contributed by atoms with Crippen LogP contribution in [0.4, 0.5) is 4.39 Å². The summed E-state index contributed by atoms with van der Waals surface area (Å²) in [6.45, 7) is 5.54. The van der Waals surface area contributed by atoms with Gasteiger partial charge in [0, 0.05) is 18.5 Å². The number of carbonyl (C=O) groups is 1. The second-order valence-corrected chi connectivity index (χ2v) is 10.8. The molecular formula is C25H26FN3O4S. The molecule has 2 fully saturated rings. The van der Waals surface area contributed by atoms with E-state index in [4.69, 9.17) is 0 Å². The fourth-order valence-corrected chi connectivity index (χ4v) is 7.05. The quantitative estimate of drug-likeness (QED) is 0.665. The van der Waals surface area contributed by atoms with Crippen molar-refractivity contribution in [3.8, 4) is 0 Å². The van der Waals surface area contributed by atoms with Gasteiger partial charge in [0.25, 0.3) is 15.9 Å². The van der Waals surface area contributed by atoms with E-state index in [1.54, 1.807) is 36.1 Å². The van der Waals surface area contributed by atoms with Crippen molar-refractivity contribution in [3.05, 3.63) is 82.4 Å². The van der Waals surface area contributed by atoms with Crippen LogP contribution in [0.2, 0.25) is 0 Å². The molecule has 4 atom stereocenters. The van der Waals surface area contributed by atoms with E-state index in [-0.39, 0.29) is 63.9 Å². The van der Waals surface area contributed by atoms with Crippen LogP contribution in [0.3, 0.4) is 0 Å². The highest BCUT2D eigenvalue weighted by Crippen LogP contribution is 2.55. The number of allylic oxidation sites excluding steroid dienone is 3. The largest absolute Gasteiger partial charge is 0.511 e. The van der Waals surface area contributed by atoms with Gasteiger partial charge in [0.05, 0.1) is 5.70 Å². The minimum Gasteiger partial charge on any atom is -0.511 e. The number of hydrogen-bond donors (Lipinski definition) is 2. The van der Waals surface area contributed by atoms with Crippen LogP contribution >= 0.6 is 0 Å². The van der Waals surface area contributed by atoms with Crippen LogP contribution < -0.4 is 5.32 Å². The summed E-state index contributed by atoms with van der Waals surface area (Å²) in [5, 5.41) is 14.3. The Bertz CT molecular complexity index is 1290. The lowest BCUT2D eigenvalue weighted by atomic mass is 9.77. The highest BCUT2D eigenvalue weighted by Gasteiger charge is 2.57. The molecule has 2 aliphatic carbocycles. The van der Waals surface area contributed by atoms with Crippen LogP contribution in [0.5, 0.6) is 0 Å². The fourth-order valence-electron chi connectivity index (χ4n) is 5.97. The molecule has 34 heavy (non-hydrogen) atoms. The first-order valence-electron chi connectivity index (χ1n) is 11.4. The molecule has 2 heterocycles. The number of hydrogen-bond acceptors (Lipinski definition) is 5. The molecule has 5 rings (SSSR count). The third-order valence-corrected chi connectivity index (χ3v) is 8.67. The summed E-state index contributed by atoms with van der Waals surface area (Å²) in [6, 6.07) is 5.77. The summed E-state index contributed by atoms with van der Waals surface area (Å²) in [4.78, 5) is 15.4. The fraction of sp³-hybridized carbons (Fsp3) is 0.360. The first kappa shape index (κ1) is 22.6. The van der Waals surface area contributed by atoms with E-state index in [0.29, 0.717) is 0 Å². The molecule has 2 N–H and O–H groups in total. The van der Waals surface area contributed by atoms with Crippen molar-refractivity contribution in [3.63, 3.8) is 0 Å². The molecule has 0 spiro atoms. The number of sulfonamides is 1. The molecule has 2 aliphatic heterocycles. The van der Waals surface area contributed by atoms with Crippen molar-refractivity contribution < 1.29 is 22.7 Å². The third kappa shape index (κ3) is 3.50. The maximum absolute atomic E-state index is 13.8. The Morgan fingerprint density at radius 3 is 2.65 bits per heavy atom. The summed E-state index contributed by atoms with van der Waals surface area (Å²) in [6.07, 6.45) is 7.25. The average molecular weight is 484 g/mol. The number of aliphatic hydroxyl groups is 1. The van der Waals surface area contributed by atoms with Crippen LogP contribution in [0.25, 0.3) is 0 Å². The molecule has 178 valence electrons. The minimum absolute atomic E-state index is 0.0964. The van der Waals surface area contributed by atoms with E-state index >= 15 is 0 Å². The Hall–Kier alpha value is -3.20. The molecule has 9 heteroatoms. The standard InChI is InChI=1S/C25H26FN3O4S/c1-3-5-18-19(4-2)34(32,33)28-24(27-18)21-23(30)20-15-8-9-16(12-15)22(20)29(25(21)31)13-14-6-10-17(26)11-7-14/h3-7,10-11,15-16,20,22,30H,2,8-9,12-13H2,1H3,(H,27,28)/b5-3-/t15-,16+,20+,22-/m0/s1. The molecule has 1 amide bonds. The maximum atomic E-state index is 13.8. The summed E-state index contributed by atoms with van der Waals surface area (Å²) >= 11 is 0. The molecule has 7 nitrogen and oxygen atoms in total. The molecule has 1 aromatic carbocycles. The highest BCUT2D eigenvalue weighted by molar-refractivity contribution is 7.94. The molecule has 0 saturated heterocycles. The second kappa shape index (κ2) is 8.23. The number of benzene rings is 1. The zero-order valence-corrected chi connectivity index (χ0v) is 19.6. The van der Waals surface area contributed by atoms with E-state index in [1.165, 1.54) is 18.2 Å². The SMILES string of the molecule is C=CC1=C(/C=C\C)NC(C2=C(O)[C@@H]3[C@H]4CC[C@H](C4)[C@@H]3N(Cc3ccc(F)cc3)C2=O)=NS1(=O)=O. The predicted octanol–water partition coefficient (Wildman–Crippen LogP) is 3.70. The summed E-state index contributed by atoms with van der Waals surface area (Å²) in [5.41, 5.74) is 0.868. The maximum Gasteiger partial charge on any atom is 0.286 e. The number of rotatable bonds is 5. The van der Waals surface area contributed by atoms with E-state index in [2.05, 4.69) is 16.3 Å². The van der Waals surface area contributed by atoms with E-state index in [9.17, 15) is 22.7 Å². The summed E-state index contributed by atoms with van der Waals surface area (Å²) in [7, 11) is -4.13. The van der Waals surface area contributed by atoms with Gasteiger partial charge in [0.2, 0.25) is 0 Å². The van der Waals surface area contributed by atoms with Crippen LogP contribution in [-0.2, 0) is 21.4 Å². The monoisotopic (exact) mass is 483 g/mol. The molecule has 1 aromatic rings. The summed E-state index contributed by atoms with van der Waals surface area (Å²) < 4.78 is 43.0. The van der Waals surface area contributed by atoms with E-state index in [0.717, 1.165) is 24.8 Å². The van der Waals surface area contributed by atoms with Crippen LogP contribution in [0.15, 0.2) is 75.4 Å². The van der Waals surface area contributed by atoms with Crippen molar-refractivity contribution in [2.75, 3.05) is 0 Å². The summed E-state index contributed by atoms with van der Waals surface area (Å²) in [5.74, 6) is -0.944. The number of amidine groups is 1. The third-order valence-electron chi connectivity index (χ3n) is 7.31. The molecular weight excluding hydrogens is 457 g/mol. The van der Waals surface area contributed by atoms with Gasteiger partial charge < -0.3 is 15.3 Å². The average Bonchev–Trinajstić information content (AvgIpc) is 3.40. The normalized spacial score (nSPS) is 30.0. The van der Waals surface area contributed by atoms with Gasteiger partial charge >= 0.3 is 0 Å². The Morgan fingerprint density at radius 1 is 1.26 bits per heavy atom. The Morgan fingerprint density at radius 2 is 1.97 bits per heavy atom. The topological polar surface area (TPSA) is 99.1 Å². The lowest BCUT2D eigenvalue weighted by Crippen LogP contribution is -2.54. The molecule has 2 bridgehead atoms. The second-order valence-electron chi connectivity index (χ2n) is 9.19. The van der Waals surface area contributed by atoms with Gasteiger partial charge in [-0.3, -0.25) is 4.79 Å². The predicted molar refractivity (Wildman–Crippen MR) is 126 cm³/mol. The van der Waals surface area contributed by atoms with Gasteiger partial charge in [-0.2, -0.15) is 8.42 Å². The Labute approximate surface area is 198 Å². The zero-order chi connectivity index (χ0) is 24.2. The van der Waals surface area contributed by atoms with E-state index < -0.39 is 15.9 Å². The Kier molecular flexibility index (Phi) is 5.47. The lowest BCUT2D eigenvalue weighted by molar-refractivity contribution is -0.134. The molecule has 0 radical (unpaired) electrons. The highest BCUT2D eigenvalue weighted by atomic mass is 32.2. The van der Waals surface area contributed by atoms with Crippen LogP contribution in [0, 0.1) is 23.6 Å². The van der Waals surface area contributed by atoms with Gasteiger partial charge in [0.1, 0.15) is 22.1 Å². The van der Waals surface area contributed by atoms with Crippen molar-refractivity contribution in [2.24, 2.45) is 22.2 Å². The first-order chi connectivity index (χ1) is 16.2. The van der Waals surface area contributed by atoms with Crippen LogP contribution in [0.1, 0.15) is 31.7 Å². The molecule has 4 aliphatic rings. The van der Waals surface area contributed by atoms with Gasteiger partial charge in [-0.15, -0.1) is 4.40 Å². The number of amides is 1. The van der Waals surface area contributed by atoms with Crippen molar-refractivity contribution in [1.29, 1.82) is 0 Å². The van der Waals surface area contributed by atoms with Crippen molar-refractivity contribution in [1.82, 2.24) is 10.2 Å². The number of halogens is 1. The molecule has 2 saturated carbocycles. The van der Waals surface area contributed by atoms with E-state index in [1.807, 2.05) is 0 Å². The number of nitrogens with one attached hydrogen (secondary N) is 1.